The van der Waals surface area contributed by atoms with Crippen LogP contribution in [0.15, 0.2) is 6.20 Å². The first kappa shape index (κ1) is 10.4. The van der Waals surface area contributed by atoms with E-state index in [1.165, 1.54) is 0 Å². The molecule has 0 spiro atoms. The fourth-order valence-corrected chi connectivity index (χ4v) is 2.10. The van der Waals surface area contributed by atoms with Gasteiger partial charge < -0.3 is 10.0 Å². The van der Waals surface area contributed by atoms with Gasteiger partial charge in [0, 0.05) is 12.7 Å². The molecule has 2 heterocycles. The van der Waals surface area contributed by atoms with Crippen molar-refractivity contribution in [2.24, 2.45) is 0 Å². The number of nitrogens with zero attached hydrogens (tertiary/aromatic N) is 3. The first-order valence-electron chi connectivity index (χ1n) is 5.40. The predicted octanol–water partition coefficient (Wildman–Crippen LogP) is 1.05. The number of hydrogen-bond donors (Lipinski definition) is 1. The third-order valence-corrected chi connectivity index (χ3v) is 2.91. The molecule has 1 aromatic heterocycles. The zero-order chi connectivity index (χ0) is 10.8. The molecule has 1 unspecified atom stereocenters. The fraction of sp³-hybridized carbons (Fsp3) is 0.636. The Morgan fingerprint density at radius 2 is 2.33 bits per heavy atom. The Bertz CT molecular complexity index is 354. The number of hydrogen-bond acceptors (Lipinski definition) is 4. The summed E-state index contributed by atoms with van der Waals surface area (Å²) in [5.74, 6) is 0.937. The lowest BCUT2D eigenvalue weighted by atomic mass is 10.2. The summed E-state index contributed by atoms with van der Waals surface area (Å²) in [7, 11) is 0. The summed E-state index contributed by atoms with van der Waals surface area (Å²) in [5, 5.41) is 9.27. The Labute approximate surface area is 90.0 Å². The molecule has 1 atom stereocenters. The maximum Gasteiger partial charge on any atom is 0.150 e. The lowest BCUT2D eigenvalue weighted by molar-refractivity contribution is 0.266. The molecule has 1 aliphatic rings. The van der Waals surface area contributed by atoms with Crippen LogP contribution < -0.4 is 4.90 Å². The van der Waals surface area contributed by atoms with E-state index in [0.717, 1.165) is 36.6 Å². The highest BCUT2D eigenvalue weighted by Gasteiger charge is 2.26. The van der Waals surface area contributed by atoms with Crippen molar-refractivity contribution in [3.05, 3.63) is 17.6 Å². The molecule has 1 fully saturated rings. The fourth-order valence-electron chi connectivity index (χ4n) is 2.10. The third-order valence-electron chi connectivity index (χ3n) is 2.91. The smallest absolute Gasteiger partial charge is 0.150 e. The number of aliphatic hydroxyl groups excluding tert-OH is 1. The van der Waals surface area contributed by atoms with E-state index in [1.54, 1.807) is 6.20 Å². The third kappa shape index (κ3) is 1.95. The normalized spacial score (nSPS) is 21.0. The predicted molar refractivity (Wildman–Crippen MR) is 59.0 cm³/mol. The van der Waals surface area contributed by atoms with Gasteiger partial charge in [-0.25, -0.2) is 4.98 Å². The van der Waals surface area contributed by atoms with E-state index in [2.05, 4.69) is 14.9 Å². The maximum atomic E-state index is 9.27. The van der Waals surface area contributed by atoms with Gasteiger partial charge in [0.25, 0.3) is 0 Å². The molecular formula is C11H17N3O. The number of aryl methyl sites for hydroxylation is 2. The molecule has 0 aromatic carbocycles. The molecule has 2 rings (SSSR count). The van der Waals surface area contributed by atoms with Gasteiger partial charge in [0.05, 0.1) is 24.0 Å². The van der Waals surface area contributed by atoms with E-state index >= 15 is 0 Å². The Morgan fingerprint density at radius 1 is 1.53 bits per heavy atom. The number of anilines is 1. The second kappa shape index (κ2) is 4.14. The van der Waals surface area contributed by atoms with Gasteiger partial charge >= 0.3 is 0 Å². The summed E-state index contributed by atoms with van der Waals surface area (Å²) in [5.41, 5.74) is 1.88. The van der Waals surface area contributed by atoms with E-state index < -0.39 is 0 Å². The lowest BCUT2D eigenvalue weighted by Gasteiger charge is -2.25. The van der Waals surface area contributed by atoms with Gasteiger partial charge in [0.2, 0.25) is 0 Å². The van der Waals surface area contributed by atoms with Crippen LogP contribution in [-0.4, -0.2) is 34.3 Å². The molecule has 0 bridgehead atoms. The highest BCUT2D eigenvalue weighted by molar-refractivity contribution is 5.45. The van der Waals surface area contributed by atoms with Crippen molar-refractivity contribution in [3.8, 4) is 0 Å². The van der Waals surface area contributed by atoms with Crippen LogP contribution in [0.1, 0.15) is 24.2 Å². The Balaban J connectivity index is 2.31. The van der Waals surface area contributed by atoms with Crippen LogP contribution in [0.2, 0.25) is 0 Å². The summed E-state index contributed by atoms with van der Waals surface area (Å²) in [6, 6.07) is 0.222. The molecule has 1 aromatic rings. The van der Waals surface area contributed by atoms with Gasteiger partial charge in [-0.05, 0) is 26.7 Å². The topological polar surface area (TPSA) is 49.2 Å². The summed E-state index contributed by atoms with van der Waals surface area (Å²) in [6.45, 7) is 5.09. The first-order chi connectivity index (χ1) is 7.22. The summed E-state index contributed by atoms with van der Waals surface area (Å²) in [4.78, 5) is 11.0. The summed E-state index contributed by atoms with van der Waals surface area (Å²) in [6.07, 6.45) is 3.95. The minimum atomic E-state index is 0.203. The van der Waals surface area contributed by atoms with E-state index in [0.29, 0.717) is 0 Å². The van der Waals surface area contributed by atoms with Gasteiger partial charge in [0.1, 0.15) is 0 Å². The lowest BCUT2D eigenvalue weighted by Crippen LogP contribution is -2.33. The number of aromatic nitrogens is 2. The molecule has 1 aliphatic heterocycles. The number of aliphatic hydroxyl groups is 1. The van der Waals surface area contributed by atoms with Gasteiger partial charge in [-0.3, -0.25) is 4.98 Å². The molecule has 0 amide bonds. The van der Waals surface area contributed by atoms with E-state index in [-0.39, 0.29) is 12.6 Å². The molecule has 0 aliphatic carbocycles. The molecule has 1 N–H and O–H groups in total. The monoisotopic (exact) mass is 207 g/mol. The zero-order valence-electron chi connectivity index (χ0n) is 9.27. The van der Waals surface area contributed by atoms with Crippen LogP contribution in [0, 0.1) is 13.8 Å². The van der Waals surface area contributed by atoms with Gasteiger partial charge in [-0.15, -0.1) is 0 Å². The minimum Gasteiger partial charge on any atom is -0.394 e. The molecule has 0 radical (unpaired) electrons. The highest BCUT2D eigenvalue weighted by atomic mass is 16.3. The average molecular weight is 207 g/mol. The van der Waals surface area contributed by atoms with Crippen LogP contribution >= 0.6 is 0 Å². The highest BCUT2D eigenvalue weighted by Crippen LogP contribution is 2.25. The standard InChI is InChI=1S/C11H17N3O/c1-8-6-12-9(2)11(13-8)14-5-3-4-10(14)7-15/h6,10,15H,3-5,7H2,1-2H3. The zero-order valence-corrected chi connectivity index (χ0v) is 9.27. The van der Waals surface area contributed by atoms with E-state index in [9.17, 15) is 5.11 Å². The van der Waals surface area contributed by atoms with Crippen molar-refractivity contribution in [2.75, 3.05) is 18.1 Å². The molecule has 15 heavy (non-hydrogen) atoms. The van der Waals surface area contributed by atoms with Gasteiger partial charge in [0.15, 0.2) is 5.82 Å². The van der Waals surface area contributed by atoms with Crippen LogP contribution in [0.3, 0.4) is 0 Å². The second-order valence-corrected chi connectivity index (χ2v) is 4.09. The van der Waals surface area contributed by atoms with Crippen LogP contribution in [0.25, 0.3) is 0 Å². The van der Waals surface area contributed by atoms with E-state index in [4.69, 9.17) is 0 Å². The van der Waals surface area contributed by atoms with Crippen LogP contribution in [-0.2, 0) is 0 Å². The second-order valence-electron chi connectivity index (χ2n) is 4.09. The number of rotatable bonds is 2. The van der Waals surface area contributed by atoms with Crippen LogP contribution in [0.5, 0.6) is 0 Å². The van der Waals surface area contributed by atoms with Gasteiger partial charge in [-0.1, -0.05) is 0 Å². The quantitative estimate of drug-likeness (QED) is 0.787. The van der Waals surface area contributed by atoms with Crippen molar-refractivity contribution >= 4 is 5.82 Å². The van der Waals surface area contributed by atoms with Crippen molar-refractivity contribution in [1.82, 2.24) is 9.97 Å². The van der Waals surface area contributed by atoms with Crippen molar-refractivity contribution in [1.29, 1.82) is 0 Å². The van der Waals surface area contributed by atoms with Crippen LogP contribution in [0.4, 0.5) is 5.82 Å². The van der Waals surface area contributed by atoms with Gasteiger partial charge in [-0.2, -0.15) is 0 Å². The van der Waals surface area contributed by atoms with Crippen molar-refractivity contribution in [3.63, 3.8) is 0 Å². The molecule has 82 valence electrons. The summed E-state index contributed by atoms with van der Waals surface area (Å²) >= 11 is 0. The minimum absolute atomic E-state index is 0.203. The van der Waals surface area contributed by atoms with E-state index in [1.807, 2.05) is 13.8 Å². The molecular weight excluding hydrogens is 190 g/mol. The first-order valence-corrected chi connectivity index (χ1v) is 5.40. The molecule has 1 saturated heterocycles. The van der Waals surface area contributed by atoms with Crippen molar-refractivity contribution < 1.29 is 5.11 Å². The SMILES string of the molecule is Cc1cnc(C)c(N2CCCC2CO)n1. The molecule has 0 saturated carbocycles. The molecule has 4 heteroatoms. The average Bonchev–Trinajstić information content (AvgIpc) is 2.69. The molecule has 4 nitrogen and oxygen atoms in total. The Morgan fingerprint density at radius 3 is 3.07 bits per heavy atom. The van der Waals surface area contributed by atoms with Crippen molar-refractivity contribution in [2.45, 2.75) is 32.7 Å². The Hall–Kier alpha value is -1.16. The largest absolute Gasteiger partial charge is 0.394 e. The summed E-state index contributed by atoms with van der Waals surface area (Å²) < 4.78 is 0. The maximum absolute atomic E-state index is 9.27. The Kier molecular flexibility index (Phi) is 2.86.